The van der Waals surface area contributed by atoms with E-state index in [2.05, 4.69) is 9.98 Å². The van der Waals surface area contributed by atoms with Crippen LogP contribution in [0.1, 0.15) is 11.3 Å². The summed E-state index contributed by atoms with van der Waals surface area (Å²) in [6.45, 7) is 0. The average Bonchev–Trinajstić information content (AvgIpc) is 2.25. The Kier molecular flexibility index (Phi) is 3.86. The van der Waals surface area contributed by atoms with Crippen LogP contribution in [0.2, 0.25) is 5.02 Å². The molecule has 0 aliphatic heterocycles. The molecular formula is C10H10ClN5. The minimum atomic E-state index is 0.225. The van der Waals surface area contributed by atoms with Crippen LogP contribution in [0.15, 0.2) is 17.3 Å². The Balaban J connectivity index is 3.49. The number of nitrogens with two attached hydrogens (primary N) is 2. The number of nitriles is 1. The van der Waals surface area contributed by atoms with E-state index >= 15 is 0 Å². The van der Waals surface area contributed by atoms with E-state index in [9.17, 15) is 0 Å². The number of hydrogen-bond acceptors (Lipinski definition) is 5. The van der Waals surface area contributed by atoms with Crippen LogP contribution in [0, 0.1) is 11.3 Å². The number of nitrogens with zero attached hydrogens (tertiary/aromatic N) is 3. The van der Waals surface area contributed by atoms with Gasteiger partial charge in [-0.05, 0) is 0 Å². The van der Waals surface area contributed by atoms with Crippen LogP contribution in [0.25, 0.3) is 5.57 Å². The predicted molar refractivity (Wildman–Crippen MR) is 65.0 cm³/mol. The molecule has 4 N–H and O–H groups in total. The smallest absolute Gasteiger partial charge is 0.125 e. The average molecular weight is 236 g/mol. The summed E-state index contributed by atoms with van der Waals surface area (Å²) in [6.07, 6.45) is 2.78. The van der Waals surface area contributed by atoms with Crippen molar-refractivity contribution in [2.75, 3.05) is 12.8 Å². The number of pyridine rings is 1. The number of aliphatic imine (C=N–C) groups is 1. The van der Waals surface area contributed by atoms with Crippen molar-refractivity contribution in [1.29, 1.82) is 5.26 Å². The van der Waals surface area contributed by atoms with Gasteiger partial charge in [-0.25, -0.2) is 4.98 Å². The van der Waals surface area contributed by atoms with E-state index in [1.807, 2.05) is 6.07 Å². The Hall–Kier alpha value is -2.06. The SMILES string of the molecule is CN=CC(=CN)c1nc(N)cc(Cl)c1C#N. The molecule has 1 aromatic heterocycles. The van der Waals surface area contributed by atoms with E-state index in [-0.39, 0.29) is 16.4 Å². The molecule has 0 fully saturated rings. The zero-order chi connectivity index (χ0) is 12.1. The van der Waals surface area contributed by atoms with Gasteiger partial charge in [0.1, 0.15) is 11.9 Å². The molecule has 1 aromatic rings. The lowest BCUT2D eigenvalue weighted by Crippen LogP contribution is -2.02. The highest BCUT2D eigenvalue weighted by Gasteiger charge is 2.12. The van der Waals surface area contributed by atoms with Crippen LogP contribution in [-0.4, -0.2) is 18.2 Å². The van der Waals surface area contributed by atoms with Gasteiger partial charge < -0.3 is 11.5 Å². The molecule has 6 heteroatoms. The molecule has 0 saturated heterocycles. The van der Waals surface area contributed by atoms with E-state index in [0.29, 0.717) is 11.3 Å². The highest BCUT2D eigenvalue weighted by atomic mass is 35.5. The summed E-state index contributed by atoms with van der Waals surface area (Å²) in [5, 5.41) is 9.22. The maximum absolute atomic E-state index is 8.97. The molecule has 0 aliphatic carbocycles. The Labute approximate surface area is 98.1 Å². The molecule has 1 rings (SSSR count). The lowest BCUT2D eigenvalue weighted by molar-refractivity contribution is 1.26. The second-order valence-corrected chi connectivity index (χ2v) is 3.28. The number of rotatable bonds is 2. The molecule has 0 atom stereocenters. The standard InChI is InChI=1S/C10H10ClN5/c1-15-5-6(3-12)10-7(4-13)8(11)2-9(14)16-10/h2-3,5H,12H2,1H3,(H2,14,16). The lowest BCUT2D eigenvalue weighted by atomic mass is 10.1. The molecule has 0 radical (unpaired) electrons. The van der Waals surface area contributed by atoms with Crippen LogP contribution in [0.5, 0.6) is 0 Å². The maximum Gasteiger partial charge on any atom is 0.125 e. The number of hydrogen-bond donors (Lipinski definition) is 2. The van der Waals surface area contributed by atoms with Crippen molar-refractivity contribution < 1.29 is 0 Å². The number of allylic oxidation sites excluding steroid dienone is 1. The van der Waals surface area contributed by atoms with Gasteiger partial charge in [0, 0.05) is 31.1 Å². The quantitative estimate of drug-likeness (QED) is 0.752. The topological polar surface area (TPSA) is 101 Å². The van der Waals surface area contributed by atoms with Gasteiger partial charge in [0.15, 0.2) is 0 Å². The summed E-state index contributed by atoms with van der Waals surface area (Å²) >= 11 is 5.88. The normalized spacial score (nSPS) is 11.7. The predicted octanol–water partition coefficient (Wildman–Crippen LogP) is 1.19. The summed E-state index contributed by atoms with van der Waals surface area (Å²) in [6, 6.07) is 3.37. The Morgan fingerprint density at radius 2 is 2.38 bits per heavy atom. The van der Waals surface area contributed by atoms with Crippen molar-refractivity contribution in [2.24, 2.45) is 10.7 Å². The van der Waals surface area contributed by atoms with Crippen LogP contribution < -0.4 is 11.5 Å². The number of aromatic nitrogens is 1. The van der Waals surface area contributed by atoms with Crippen molar-refractivity contribution in [3.8, 4) is 6.07 Å². The van der Waals surface area contributed by atoms with Crippen molar-refractivity contribution in [2.45, 2.75) is 0 Å². The van der Waals surface area contributed by atoms with Crippen molar-refractivity contribution in [3.63, 3.8) is 0 Å². The van der Waals surface area contributed by atoms with Crippen LogP contribution in [0.4, 0.5) is 5.82 Å². The van der Waals surface area contributed by atoms with Crippen LogP contribution >= 0.6 is 11.6 Å². The summed E-state index contributed by atoms with van der Waals surface area (Å²) in [5.74, 6) is 0.225. The molecular weight excluding hydrogens is 226 g/mol. The molecule has 0 bridgehead atoms. The van der Waals surface area contributed by atoms with Gasteiger partial charge in [-0.15, -0.1) is 0 Å². The summed E-state index contributed by atoms with van der Waals surface area (Å²) in [7, 11) is 1.59. The van der Waals surface area contributed by atoms with E-state index in [4.69, 9.17) is 28.3 Å². The fourth-order valence-electron chi connectivity index (χ4n) is 1.17. The van der Waals surface area contributed by atoms with Gasteiger partial charge in [0.25, 0.3) is 0 Å². The highest BCUT2D eigenvalue weighted by Crippen LogP contribution is 2.24. The molecule has 0 aromatic carbocycles. The number of nitrogen functional groups attached to an aromatic ring is 1. The zero-order valence-corrected chi connectivity index (χ0v) is 9.36. The van der Waals surface area contributed by atoms with Gasteiger partial charge in [-0.3, -0.25) is 4.99 Å². The first-order valence-electron chi connectivity index (χ1n) is 4.34. The van der Waals surface area contributed by atoms with Gasteiger partial charge in [0.2, 0.25) is 0 Å². The fraction of sp³-hybridized carbons (Fsp3) is 0.100. The summed E-state index contributed by atoms with van der Waals surface area (Å²) in [4.78, 5) is 7.84. The third-order valence-corrected chi connectivity index (χ3v) is 2.12. The largest absolute Gasteiger partial charge is 0.404 e. The van der Waals surface area contributed by atoms with Gasteiger partial charge in [-0.2, -0.15) is 5.26 Å². The van der Waals surface area contributed by atoms with Crippen molar-refractivity contribution in [1.82, 2.24) is 4.98 Å². The second kappa shape index (κ2) is 5.14. The van der Waals surface area contributed by atoms with Crippen molar-refractivity contribution >= 4 is 29.2 Å². The fourth-order valence-corrected chi connectivity index (χ4v) is 1.41. The first-order chi connectivity index (χ1) is 7.63. The molecule has 0 spiro atoms. The summed E-state index contributed by atoms with van der Waals surface area (Å²) < 4.78 is 0. The lowest BCUT2D eigenvalue weighted by Gasteiger charge is -2.06. The molecule has 5 nitrogen and oxygen atoms in total. The monoisotopic (exact) mass is 235 g/mol. The van der Waals surface area contributed by atoms with Gasteiger partial charge >= 0.3 is 0 Å². The van der Waals surface area contributed by atoms with Crippen LogP contribution in [0.3, 0.4) is 0 Å². The van der Waals surface area contributed by atoms with Crippen LogP contribution in [-0.2, 0) is 0 Å². The van der Waals surface area contributed by atoms with Gasteiger partial charge in [0.05, 0.1) is 16.3 Å². The second-order valence-electron chi connectivity index (χ2n) is 2.87. The first-order valence-corrected chi connectivity index (χ1v) is 4.72. The van der Waals surface area contributed by atoms with Crippen molar-refractivity contribution in [3.05, 3.63) is 28.5 Å². The molecule has 16 heavy (non-hydrogen) atoms. The van der Waals surface area contributed by atoms with E-state index < -0.39 is 0 Å². The minimum Gasteiger partial charge on any atom is -0.404 e. The first kappa shape index (κ1) is 12.0. The molecule has 0 amide bonds. The Morgan fingerprint density at radius 1 is 1.69 bits per heavy atom. The van der Waals surface area contributed by atoms with E-state index in [0.717, 1.165) is 0 Å². The minimum absolute atomic E-state index is 0.225. The molecule has 0 saturated carbocycles. The Morgan fingerprint density at radius 3 is 2.88 bits per heavy atom. The third kappa shape index (κ3) is 2.30. The van der Waals surface area contributed by atoms with E-state index in [1.165, 1.54) is 18.5 Å². The summed E-state index contributed by atoms with van der Waals surface area (Å²) in [5.41, 5.74) is 12.0. The molecule has 0 unspecified atom stereocenters. The third-order valence-electron chi connectivity index (χ3n) is 1.82. The maximum atomic E-state index is 8.97. The number of halogens is 1. The van der Waals surface area contributed by atoms with E-state index in [1.54, 1.807) is 7.05 Å². The van der Waals surface area contributed by atoms with Gasteiger partial charge in [-0.1, -0.05) is 11.6 Å². The highest BCUT2D eigenvalue weighted by molar-refractivity contribution is 6.32. The number of anilines is 1. The molecule has 82 valence electrons. The zero-order valence-electron chi connectivity index (χ0n) is 8.61. The Bertz CT molecular complexity index is 499. The molecule has 1 heterocycles. The molecule has 0 aliphatic rings.